The number of fused-ring (bicyclic) bond motifs is 1. The molecule has 0 aromatic heterocycles. The molecular weight excluding hydrogens is 214 g/mol. The topological polar surface area (TPSA) is 44.5 Å². The van der Waals surface area contributed by atoms with Crippen LogP contribution in [0.2, 0.25) is 0 Å². The van der Waals surface area contributed by atoms with E-state index in [1.807, 2.05) is 12.1 Å². The van der Waals surface area contributed by atoms with Gasteiger partial charge in [-0.3, -0.25) is 0 Å². The lowest BCUT2D eigenvalue weighted by molar-refractivity contribution is 0.174. The van der Waals surface area contributed by atoms with Crippen molar-refractivity contribution in [3.63, 3.8) is 0 Å². The van der Waals surface area contributed by atoms with Gasteiger partial charge >= 0.3 is 0 Å². The van der Waals surface area contributed by atoms with Gasteiger partial charge in [-0.2, -0.15) is 0 Å². The summed E-state index contributed by atoms with van der Waals surface area (Å²) in [6.07, 6.45) is 6.53. The van der Waals surface area contributed by atoms with E-state index in [0.717, 1.165) is 11.5 Å². The molecule has 0 radical (unpaired) electrons. The molecule has 0 bridgehead atoms. The lowest BCUT2D eigenvalue weighted by Gasteiger charge is -2.27. The summed E-state index contributed by atoms with van der Waals surface area (Å²) < 4.78 is 10.7. The zero-order chi connectivity index (χ0) is 11.7. The van der Waals surface area contributed by atoms with Crippen LogP contribution in [0.4, 0.5) is 0 Å². The van der Waals surface area contributed by atoms with Crippen molar-refractivity contribution in [1.29, 1.82) is 0 Å². The molecule has 1 fully saturated rings. The zero-order valence-corrected chi connectivity index (χ0v) is 10.0. The van der Waals surface area contributed by atoms with Crippen LogP contribution in [0.5, 0.6) is 11.5 Å². The second kappa shape index (κ2) is 4.57. The van der Waals surface area contributed by atoms with Gasteiger partial charge in [0.1, 0.15) is 0 Å². The van der Waals surface area contributed by atoms with E-state index in [1.165, 1.54) is 37.7 Å². The normalized spacial score (nSPS) is 21.5. The van der Waals surface area contributed by atoms with Crippen molar-refractivity contribution < 1.29 is 9.47 Å². The third kappa shape index (κ3) is 2.12. The highest BCUT2D eigenvalue weighted by atomic mass is 16.7. The Morgan fingerprint density at radius 1 is 1.06 bits per heavy atom. The van der Waals surface area contributed by atoms with Crippen LogP contribution in [0, 0.1) is 5.92 Å². The summed E-state index contributed by atoms with van der Waals surface area (Å²) in [4.78, 5) is 0. The molecule has 1 aromatic rings. The molecule has 1 aliphatic heterocycles. The van der Waals surface area contributed by atoms with Crippen molar-refractivity contribution in [2.75, 3.05) is 6.79 Å². The number of benzene rings is 1. The highest BCUT2D eigenvalue weighted by molar-refractivity contribution is 5.45. The number of hydrogen-bond donors (Lipinski definition) is 1. The fourth-order valence-electron chi connectivity index (χ4n) is 2.89. The Kier molecular flexibility index (Phi) is 2.93. The Bertz CT molecular complexity index is 399. The lowest BCUT2D eigenvalue weighted by atomic mass is 9.81. The highest BCUT2D eigenvalue weighted by Gasteiger charge is 2.23. The molecule has 2 aliphatic rings. The molecule has 3 nitrogen and oxygen atoms in total. The third-order valence-electron chi connectivity index (χ3n) is 3.94. The van der Waals surface area contributed by atoms with Crippen LogP contribution in [-0.2, 0) is 0 Å². The van der Waals surface area contributed by atoms with Gasteiger partial charge < -0.3 is 15.2 Å². The van der Waals surface area contributed by atoms with E-state index in [4.69, 9.17) is 15.2 Å². The molecule has 1 aromatic carbocycles. The third-order valence-corrected chi connectivity index (χ3v) is 3.94. The molecule has 0 saturated heterocycles. The van der Waals surface area contributed by atoms with Crippen molar-refractivity contribution >= 4 is 0 Å². The first-order valence-corrected chi connectivity index (χ1v) is 6.50. The quantitative estimate of drug-likeness (QED) is 0.854. The summed E-state index contributed by atoms with van der Waals surface area (Å²) in [6, 6.07) is 6.24. The average Bonchev–Trinajstić information content (AvgIpc) is 2.86. The minimum Gasteiger partial charge on any atom is -0.454 e. The predicted octanol–water partition coefficient (Wildman–Crippen LogP) is 3.00. The maximum atomic E-state index is 6.37. The Morgan fingerprint density at radius 3 is 2.65 bits per heavy atom. The van der Waals surface area contributed by atoms with Gasteiger partial charge in [-0.05, 0) is 36.5 Å². The monoisotopic (exact) mass is 233 g/mol. The second-order valence-corrected chi connectivity index (χ2v) is 5.04. The molecule has 0 spiro atoms. The van der Waals surface area contributed by atoms with Crippen LogP contribution in [0.1, 0.15) is 43.7 Å². The fraction of sp³-hybridized carbons (Fsp3) is 0.571. The largest absolute Gasteiger partial charge is 0.454 e. The number of hydrogen-bond acceptors (Lipinski definition) is 3. The van der Waals surface area contributed by atoms with E-state index in [9.17, 15) is 0 Å². The molecule has 3 heteroatoms. The minimum atomic E-state index is 0.143. The van der Waals surface area contributed by atoms with Gasteiger partial charge in [-0.15, -0.1) is 0 Å². The number of rotatable bonds is 2. The van der Waals surface area contributed by atoms with Gasteiger partial charge in [0.25, 0.3) is 0 Å². The molecule has 1 atom stereocenters. The summed E-state index contributed by atoms with van der Waals surface area (Å²) in [5, 5.41) is 0. The molecule has 1 saturated carbocycles. The van der Waals surface area contributed by atoms with Crippen molar-refractivity contribution in [2.24, 2.45) is 11.7 Å². The first-order valence-electron chi connectivity index (χ1n) is 6.50. The molecule has 0 amide bonds. The van der Waals surface area contributed by atoms with Gasteiger partial charge in [0, 0.05) is 6.04 Å². The van der Waals surface area contributed by atoms with Gasteiger partial charge in [0.15, 0.2) is 11.5 Å². The average molecular weight is 233 g/mol. The Hall–Kier alpha value is -1.22. The van der Waals surface area contributed by atoms with Crippen molar-refractivity contribution in [3.05, 3.63) is 23.8 Å². The Labute approximate surface area is 102 Å². The van der Waals surface area contributed by atoms with E-state index in [0.29, 0.717) is 12.7 Å². The first-order chi connectivity index (χ1) is 8.34. The summed E-state index contributed by atoms with van der Waals surface area (Å²) in [7, 11) is 0. The Morgan fingerprint density at radius 2 is 1.82 bits per heavy atom. The number of nitrogens with two attached hydrogens (primary N) is 1. The van der Waals surface area contributed by atoms with Gasteiger partial charge in [0.05, 0.1) is 0 Å². The van der Waals surface area contributed by atoms with E-state index in [2.05, 4.69) is 6.07 Å². The van der Waals surface area contributed by atoms with E-state index in [1.54, 1.807) is 0 Å². The molecule has 1 heterocycles. The van der Waals surface area contributed by atoms with Crippen LogP contribution in [0.25, 0.3) is 0 Å². The van der Waals surface area contributed by atoms with Gasteiger partial charge in [-0.1, -0.05) is 25.3 Å². The standard InChI is InChI=1S/C14H19NO2/c15-14(10-4-2-1-3-5-10)11-6-7-12-13(8-11)17-9-16-12/h6-8,10,14H,1-5,9,15H2/t14-/m0/s1. The maximum Gasteiger partial charge on any atom is 0.231 e. The van der Waals surface area contributed by atoms with Gasteiger partial charge in [0.2, 0.25) is 6.79 Å². The zero-order valence-electron chi connectivity index (χ0n) is 10.0. The summed E-state index contributed by atoms with van der Waals surface area (Å²) in [5.41, 5.74) is 7.55. The molecule has 17 heavy (non-hydrogen) atoms. The summed E-state index contributed by atoms with van der Waals surface area (Å²) >= 11 is 0. The molecule has 1 aliphatic carbocycles. The van der Waals surface area contributed by atoms with Crippen molar-refractivity contribution in [3.8, 4) is 11.5 Å². The lowest BCUT2D eigenvalue weighted by Crippen LogP contribution is -2.23. The second-order valence-electron chi connectivity index (χ2n) is 5.04. The van der Waals surface area contributed by atoms with Gasteiger partial charge in [-0.25, -0.2) is 0 Å². The molecule has 2 N–H and O–H groups in total. The SMILES string of the molecule is N[C@H](c1ccc2c(c1)OCO2)C1CCCCC1. The molecule has 0 unspecified atom stereocenters. The van der Waals surface area contributed by atoms with Crippen LogP contribution in [0.15, 0.2) is 18.2 Å². The van der Waals surface area contributed by atoms with Crippen LogP contribution in [-0.4, -0.2) is 6.79 Å². The highest BCUT2D eigenvalue weighted by Crippen LogP contribution is 2.38. The number of ether oxygens (including phenoxy) is 2. The van der Waals surface area contributed by atoms with Crippen molar-refractivity contribution in [1.82, 2.24) is 0 Å². The first kappa shape index (κ1) is 10.9. The maximum absolute atomic E-state index is 6.37. The van der Waals surface area contributed by atoms with Crippen LogP contribution < -0.4 is 15.2 Å². The van der Waals surface area contributed by atoms with E-state index in [-0.39, 0.29) is 6.04 Å². The van der Waals surface area contributed by atoms with Crippen LogP contribution in [0.3, 0.4) is 0 Å². The summed E-state index contributed by atoms with van der Waals surface area (Å²) in [6.45, 7) is 0.331. The Balaban J connectivity index is 1.78. The van der Waals surface area contributed by atoms with Crippen molar-refractivity contribution in [2.45, 2.75) is 38.1 Å². The molecule has 3 rings (SSSR count). The smallest absolute Gasteiger partial charge is 0.231 e. The summed E-state index contributed by atoms with van der Waals surface area (Å²) in [5.74, 6) is 2.31. The van der Waals surface area contributed by atoms with E-state index < -0.39 is 0 Å². The predicted molar refractivity (Wildman–Crippen MR) is 66.1 cm³/mol. The van der Waals surface area contributed by atoms with E-state index >= 15 is 0 Å². The molecule has 92 valence electrons. The molecular formula is C14H19NO2. The van der Waals surface area contributed by atoms with Crippen LogP contribution >= 0.6 is 0 Å². The fourth-order valence-corrected chi connectivity index (χ4v) is 2.89. The minimum absolute atomic E-state index is 0.143.